The van der Waals surface area contributed by atoms with E-state index in [1.165, 1.54) is 37.2 Å². The second-order valence-corrected chi connectivity index (χ2v) is 9.46. The monoisotopic (exact) mass is 340 g/mol. The van der Waals surface area contributed by atoms with Gasteiger partial charge in [-0.05, 0) is 64.5 Å². The number of carbonyl (C=O) groups excluding carboxylic acids is 1. The molecule has 132 valence electrons. The minimum atomic E-state index is -0.404. The van der Waals surface area contributed by atoms with Gasteiger partial charge in [-0.1, -0.05) is 6.42 Å². The number of amides is 1. The molecule has 23 heavy (non-hydrogen) atoms. The van der Waals surface area contributed by atoms with Gasteiger partial charge in [-0.15, -0.1) is 0 Å². The van der Waals surface area contributed by atoms with Gasteiger partial charge in [0.05, 0.1) is 0 Å². The fourth-order valence-corrected chi connectivity index (χ4v) is 5.58. The molecule has 2 saturated heterocycles. The van der Waals surface area contributed by atoms with Crippen molar-refractivity contribution in [3.63, 3.8) is 0 Å². The molecule has 0 spiro atoms. The molecule has 5 heteroatoms. The summed E-state index contributed by atoms with van der Waals surface area (Å²) in [5.74, 6) is 3.15. The Hall–Kier alpha value is -0.420. The Morgan fingerprint density at radius 1 is 1.17 bits per heavy atom. The van der Waals surface area contributed by atoms with Gasteiger partial charge in [-0.2, -0.15) is 11.8 Å². The highest BCUT2D eigenvalue weighted by molar-refractivity contribution is 7.99. The Morgan fingerprint density at radius 2 is 2.00 bits per heavy atom. The standard InChI is InChI=1S/C18H32N2O2S/c1-18(2,3)22-17(21)20-10-5-8-16(20)14-6-4-7-15(14)19-13-9-11-23-12-13/h13-16,19H,4-12H2,1-3H3. The smallest absolute Gasteiger partial charge is 0.410 e. The molecule has 0 aromatic rings. The topological polar surface area (TPSA) is 41.6 Å². The lowest BCUT2D eigenvalue weighted by Crippen LogP contribution is -2.49. The number of rotatable bonds is 3. The summed E-state index contributed by atoms with van der Waals surface area (Å²) in [6, 6.07) is 1.65. The van der Waals surface area contributed by atoms with Crippen LogP contribution in [0, 0.1) is 5.92 Å². The maximum absolute atomic E-state index is 12.6. The minimum Gasteiger partial charge on any atom is -0.444 e. The normalized spacial score (nSPS) is 35.0. The molecule has 1 N–H and O–H groups in total. The van der Waals surface area contributed by atoms with Gasteiger partial charge in [0.15, 0.2) is 0 Å². The molecular formula is C18H32N2O2S. The molecular weight excluding hydrogens is 308 g/mol. The van der Waals surface area contributed by atoms with E-state index in [2.05, 4.69) is 17.1 Å². The highest BCUT2D eigenvalue weighted by atomic mass is 32.2. The number of hydrogen-bond donors (Lipinski definition) is 1. The van der Waals surface area contributed by atoms with E-state index < -0.39 is 5.60 Å². The van der Waals surface area contributed by atoms with E-state index in [4.69, 9.17) is 4.74 Å². The number of hydrogen-bond acceptors (Lipinski definition) is 4. The highest BCUT2D eigenvalue weighted by Crippen LogP contribution is 2.37. The zero-order chi connectivity index (χ0) is 16.4. The molecule has 4 unspecified atom stereocenters. The third-order valence-electron chi connectivity index (χ3n) is 5.37. The third-order valence-corrected chi connectivity index (χ3v) is 6.53. The van der Waals surface area contributed by atoms with Crippen LogP contribution in [0.4, 0.5) is 4.79 Å². The van der Waals surface area contributed by atoms with Crippen molar-refractivity contribution in [1.29, 1.82) is 0 Å². The van der Waals surface area contributed by atoms with Crippen LogP contribution < -0.4 is 5.32 Å². The molecule has 4 atom stereocenters. The molecule has 1 aliphatic carbocycles. The molecule has 0 bridgehead atoms. The van der Waals surface area contributed by atoms with Crippen molar-refractivity contribution >= 4 is 17.9 Å². The van der Waals surface area contributed by atoms with Crippen LogP contribution in [0.5, 0.6) is 0 Å². The summed E-state index contributed by atoms with van der Waals surface area (Å²) >= 11 is 2.06. The quantitative estimate of drug-likeness (QED) is 0.851. The summed E-state index contributed by atoms with van der Waals surface area (Å²) in [6.45, 7) is 6.72. The molecule has 3 fully saturated rings. The predicted octanol–water partition coefficient (Wildman–Crippen LogP) is 3.65. The number of thioether (sulfide) groups is 1. The first-order chi connectivity index (χ1) is 10.9. The van der Waals surface area contributed by atoms with E-state index in [0.717, 1.165) is 19.4 Å². The van der Waals surface area contributed by atoms with E-state index in [0.29, 0.717) is 24.0 Å². The zero-order valence-electron chi connectivity index (χ0n) is 14.8. The predicted molar refractivity (Wildman–Crippen MR) is 96.0 cm³/mol. The zero-order valence-corrected chi connectivity index (χ0v) is 15.7. The Morgan fingerprint density at radius 3 is 2.70 bits per heavy atom. The van der Waals surface area contributed by atoms with E-state index in [1.54, 1.807) is 0 Å². The third kappa shape index (κ3) is 4.36. The molecule has 3 rings (SSSR count). The molecule has 1 amide bonds. The van der Waals surface area contributed by atoms with Crippen molar-refractivity contribution in [1.82, 2.24) is 10.2 Å². The lowest BCUT2D eigenvalue weighted by Gasteiger charge is -2.35. The number of nitrogens with zero attached hydrogens (tertiary/aromatic N) is 1. The largest absolute Gasteiger partial charge is 0.444 e. The molecule has 2 aliphatic heterocycles. The van der Waals surface area contributed by atoms with Crippen LogP contribution in [0.3, 0.4) is 0 Å². The van der Waals surface area contributed by atoms with Crippen molar-refractivity contribution in [2.24, 2.45) is 5.92 Å². The first-order valence-electron chi connectivity index (χ1n) is 9.27. The van der Waals surface area contributed by atoms with Gasteiger partial charge in [0, 0.05) is 30.4 Å². The van der Waals surface area contributed by atoms with Crippen LogP contribution in [-0.4, -0.2) is 52.8 Å². The molecule has 3 aliphatic rings. The molecule has 0 aromatic heterocycles. The molecule has 1 saturated carbocycles. The van der Waals surface area contributed by atoms with Crippen molar-refractivity contribution in [2.75, 3.05) is 18.1 Å². The average molecular weight is 341 g/mol. The highest BCUT2D eigenvalue weighted by Gasteiger charge is 2.42. The molecule has 0 aromatic carbocycles. The number of nitrogens with one attached hydrogen (secondary N) is 1. The maximum atomic E-state index is 12.6. The molecule has 2 heterocycles. The summed E-state index contributed by atoms with van der Waals surface area (Å²) < 4.78 is 5.64. The Labute approximate surface area is 145 Å². The van der Waals surface area contributed by atoms with Gasteiger partial charge in [-0.25, -0.2) is 4.79 Å². The lowest BCUT2D eigenvalue weighted by atomic mass is 9.92. The van der Waals surface area contributed by atoms with Crippen LogP contribution in [0.25, 0.3) is 0 Å². The van der Waals surface area contributed by atoms with Gasteiger partial charge in [0.2, 0.25) is 0 Å². The van der Waals surface area contributed by atoms with E-state index in [9.17, 15) is 4.79 Å². The summed E-state index contributed by atoms with van der Waals surface area (Å²) in [7, 11) is 0. The number of likely N-dealkylation sites (tertiary alicyclic amines) is 1. The number of ether oxygens (including phenoxy) is 1. The fraction of sp³-hybridized carbons (Fsp3) is 0.944. The van der Waals surface area contributed by atoms with Crippen molar-refractivity contribution < 1.29 is 9.53 Å². The molecule has 4 nitrogen and oxygen atoms in total. The van der Waals surface area contributed by atoms with Crippen LogP contribution in [0.1, 0.15) is 59.3 Å². The van der Waals surface area contributed by atoms with Crippen LogP contribution in [-0.2, 0) is 4.74 Å². The summed E-state index contributed by atoms with van der Waals surface area (Å²) in [6.07, 6.45) is 7.26. The van der Waals surface area contributed by atoms with E-state index in [1.807, 2.05) is 25.7 Å². The van der Waals surface area contributed by atoms with Gasteiger partial charge in [0.25, 0.3) is 0 Å². The van der Waals surface area contributed by atoms with Gasteiger partial charge < -0.3 is 15.0 Å². The van der Waals surface area contributed by atoms with Gasteiger partial charge in [0.1, 0.15) is 5.60 Å². The Balaban J connectivity index is 1.62. The van der Waals surface area contributed by atoms with Gasteiger partial charge in [-0.3, -0.25) is 0 Å². The van der Waals surface area contributed by atoms with Crippen LogP contribution >= 0.6 is 11.8 Å². The first-order valence-corrected chi connectivity index (χ1v) is 10.4. The average Bonchev–Trinajstić information content (AvgIpc) is 3.17. The van der Waals surface area contributed by atoms with Crippen LogP contribution in [0.15, 0.2) is 0 Å². The minimum absolute atomic E-state index is 0.109. The second-order valence-electron chi connectivity index (χ2n) is 8.31. The van der Waals surface area contributed by atoms with Crippen molar-refractivity contribution in [3.8, 4) is 0 Å². The first kappa shape index (κ1) is 17.4. The summed E-state index contributed by atoms with van der Waals surface area (Å²) in [4.78, 5) is 14.6. The fourth-order valence-electron chi connectivity index (χ4n) is 4.41. The second kappa shape index (κ2) is 7.22. The number of carbonyl (C=O) groups is 1. The van der Waals surface area contributed by atoms with E-state index in [-0.39, 0.29) is 6.09 Å². The Kier molecular flexibility index (Phi) is 5.46. The Bertz CT molecular complexity index is 418. The van der Waals surface area contributed by atoms with E-state index >= 15 is 0 Å². The molecule has 0 radical (unpaired) electrons. The maximum Gasteiger partial charge on any atom is 0.410 e. The summed E-state index contributed by atoms with van der Waals surface area (Å²) in [5, 5.41) is 3.91. The lowest BCUT2D eigenvalue weighted by molar-refractivity contribution is 0.0165. The van der Waals surface area contributed by atoms with Crippen molar-refractivity contribution in [2.45, 2.75) is 83.0 Å². The van der Waals surface area contributed by atoms with Crippen LogP contribution in [0.2, 0.25) is 0 Å². The van der Waals surface area contributed by atoms with Crippen molar-refractivity contribution in [3.05, 3.63) is 0 Å². The SMILES string of the molecule is CC(C)(C)OC(=O)N1CCCC1C1CCCC1NC1CCSC1. The summed E-state index contributed by atoms with van der Waals surface area (Å²) in [5.41, 5.74) is -0.404. The van der Waals surface area contributed by atoms with Gasteiger partial charge >= 0.3 is 6.09 Å².